The molecule has 0 spiro atoms. The molecular formula is C33H36N6O4. The van der Waals surface area contributed by atoms with Gasteiger partial charge in [0.1, 0.15) is 29.1 Å². The summed E-state index contributed by atoms with van der Waals surface area (Å²) in [7, 11) is 1.59. The third-order valence-corrected chi connectivity index (χ3v) is 7.40. The molecule has 3 N–H and O–H groups in total. The number of anilines is 2. The fourth-order valence-corrected chi connectivity index (χ4v) is 5.09. The third-order valence-electron chi connectivity index (χ3n) is 7.40. The number of nitrogens with one attached hydrogen (secondary N) is 3. The van der Waals surface area contributed by atoms with E-state index >= 15 is 0 Å². The summed E-state index contributed by atoms with van der Waals surface area (Å²) in [5.74, 6) is 2.37. The molecule has 2 amide bonds. The Morgan fingerprint density at radius 1 is 1.05 bits per heavy atom. The van der Waals surface area contributed by atoms with Crippen molar-refractivity contribution in [1.29, 1.82) is 5.26 Å². The summed E-state index contributed by atoms with van der Waals surface area (Å²) in [6, 6.07) is 21.9. The van der Waals surface area contributed by atoms with Crippen LogP contribution in [0, 0.1) is 11.3 Å². The number of amides is 2. The zero-order valence-corrected chi connectivity index (χ0v) is 24.4. The highest BCUT2D eigenvalue weighted by atomic mass is 16.5. The number of rotatable bonds is 11. The molecule has 1 unspecified atom stereocenters. The highest BCUT2D eigenvalue weighted by molar-refractivity contribution is 5.99. The minimum absolute atomic E-state index is 0.366. The quantitative estimate of drug-likeness (QED) is 0.185. The van der Waals surface area contributed by atoms with Gasteiger partial charge >= 0.3 is 6.03 Å². The number of fused-ring (bicyclic) bond motifs is 1. The molecular weight excluding hydrogens is 544 g/mol. The molecule has 1 aromatic heterocycles. The minimum atomic E-state index is -0.366. The number of carbonyl (C=O) groups is 1. The van der Waals surface area contributed by atoms with Crippen LogP contribution in [0.25, 0.3) is 10.9 Å². The van der Waals surface area contributed by atoms with Crippen LogP contribution in [0.2, 0.25) is 0 Å². The lowest BCUT2D eigenvalue weighted by molar-refractivity contribution is 0.145. The zero-order chi connectivity index (χ0) is 30.0. The van der Waals surface area contributed by atoms with E-state index in [1.54, 1.807) is 80.0 Å². The van der Waals surface area contributed by atoms with Crippen LogP contribution in [0.3, 0.4) is 0 Å². The number of hydrogen-bond acceptors (Lipinski definition) is 8. The van der Waals surface area contributed by atoms with Crippen molar-refractivity contribution >= 4 is 28.3 Å². The largest absolute Gasteiger partial charge is 0.497 e. The minimum Gasteiger partial charge on any atom is -0.497 e. The van der Waals surface area contributed by atoms with E-state index in [1.807, 2.05) is 0 Å². The molecule has 3 aromatic carbocycles. The van der Waals surface area contributed by atoms with Gasteiger partial charge in [0.05, 0.1) is 24.8 Å². The maximum Gasteiger partial charge on any atom is 0.323 e. The Balaban J connectivity index is 1.19. The second-order valence-electron chi connectivity index (χ2n) is 10.2. The van der Waals surface area contributed by atoms with E-state index in [0.717, 1.165) is 39.0 Å². The summed E-state index contributed by atoms with van der Waals surface area (Å²) >= 11 is 0. The summed E-state index contributed by atoms with van der Waals surface area (Å²) in [6.07, 6.45) is 3.67. The Hall–Kier alpha value is -4.85. The molecule has 222 valence electrons. The molecule has 43 heavy (non-hydrogen) atoms. The van der Waals surface area contributed by atoms with Crippen molar-refractivity contribution in [1.82, 2.24) is 15.2 Å². The van der Waals surface area contributed by atoms with Gasteiger partial charge in [-0.15, -0.1) is 0 Å². The number of hydrogen-bond donors (Lipinski definition) is 3. The van der Waals surface area contributed by atoms with Crippen LogP contribution >= 0.6 is 0 Å². The van der Waals surface area contributed by atoms with Crippen molar-refractivity contribution in [2.75, 3.05) is 50.5 Å². The van der Waals surface area contributed by atoms with Crippen LogP contribution in [0.1, 0.15) is 25.3 Å². The van der Waals surface area contributed by atoms with Crippen LogP contribution in [-0.4, -0.2) is 61.9 Å². The lowest BCUT2D eigenvalue weighted by Crippen LogP contribution is -2.51. The van der Waals surface area contributed by atoms with Gasteiger partial charge in [0.2, 0.25) is 0 Å². The molecule has 1 aliphatic rings. The van der Waals surface area contributed by atoms with E-state index in [0.29, 0.717) is 63.5 Å². The lowest BCUT2D eigenvalue weighted by Gasteiger charge is -2.35. The first-order valence-corrected chi connectivity index (χ1v) is 14.5. The van der Waals surface area contributed by atoms with Gasteiger partial charge in [-0.05, 0) is 73.5 Å². The molecule has 2 heterocycles. The molecule has 1 fully saturated rings. The molecule has 5 rings (SSSR count). The van der Waals surface area contributed by atoms with Crippen molar-refractivity contribution in [3.63, 3.8) is 0 Å². The van der Waals surface area contributed by atoms with Crippen LogP contribution in [0.15, 0.2) is 72.9 Å². The number of benzene rings is 3. The van der Waals surface area contributed by atoms with Crippen molar-refractivity contribution in [3.05, 3.63) is 78.5 Å². The Morgan fingerprint density at radius 2 is 1.77 bits per heavy atom. The van der Waals surface area contributed by atoms with Crippen molar-refractivity contribution < 1.29 is 19.0 Å². The maximum absolute atomic E-state index is 12.4. The number of carbonyl (C=O) groups excluding carboxylic acids is 1. The Kier molecular flexibility index (Phi) is 9.90. The summed E-state index contributed by atoms with van der Waals surface area (Å²) in [6.45, 7) is 6.80. The van der Waals surface area contributed by atoms with E-state index in [4.69, 9.17) is 14.2 Å². The number of urea groups is 1. The number of ether oxygens (including phenoxy) is 3. The third kappa shape index (κ3) is 7.71. The highest BCUT2D eigenvalue weighted by Gasteiger charge is 2.20. The highest BCUT2D eigenvalue weighted by Crippen LogP contribution is 2.33. The van der Waals surface area contributed by atoms with Gasteiger partial charge in [0.15, 0.2) is 0 Å². The SMILES string of the molecule is CCC1CNCCN1CCCOc1cc2nccc(Oc3ccc(NC(=O)Nc4ccc(OC)cc4)cc3)c2cc1C#N. The average molecular weight is 581 g/mol. The van der Waals surface area contributed by atoms with Gasteiger partial charge in [0.25, 0.3) is 0 Å². The second kappa shape index (κ2) is 14.4. The van der Waals surface area contributed by atoms with Gasteiger partial charge in [0, 0.05) is 61.2 Å². The fraction of sp³-hybridized carbons (Fsp3) is 0.303. The second-order valence-corrected chi connectivity index (χ2v) is 10.2. The number of nitriles is 1. The number of aromatic nitrogens is 1. The number of methoxy groups -OCH3 is 1. The smallest absolute Gasteiger partial charge is 0.323 e. The van der Waals surface area contributed by atoms with E-state index in [-0.39, 0.29) is 6.03 Å². The normalized spacial score (nSPS) is 15.0. The number of pyridine rings is 1. The summed E-state index contributed by atoms with van der Waals surface area (Å²) in [5, 5.41) is 19.6. The summed E-state index contributed by atoms with van der Waals surface area (Å²) in [5.41, 5.74) is 2.36. The Labute approximate surface area is 251 Å². The Bertz CT molecular complexity index is 1570. The van der Waals surface area contributed by atoms with Crippen molar-refractivity contribution in [2.24, 2.45) is 0 Å². The predicted molar refractivity (Wildman–Crippen MR) is 167 cm³/mol. The molecule has 0 aliphatic carbocycles. The van der Waals surface area contributed by atoms with Crippen LogP contribution in [-0.2, 0) is 0 Å². The van der Waals surface area contributed by atoms with Crippen LogP contribution in [0.4, 0.5) is 16.2 Å². The molecule has 1 atom stereocenters. The Morgan fingerprint density at radius 3 is 2.44 bits per heavy atom. The first-order chi connectivity index (χ1) is 21.1. The zero-order valence-electron chi connectivity index (χ0n) is 24.4. The van der Waals surface area contributed by atoms with E-state index < -0.39 is 0 Å². The van der Waals surface area contributed by atoms with E-state index in [2.05, 4.69) is 38.8 Å². The summed E-state index contributed by atoms with van der Waals surface area (Å²) < 4.78 is 17.3. The molecule has 10 heteroatoms. The molecule has 0 radical (unpaired) electrons. The van der Waals surface area contributed by atoms with Gasteiger partial charge in [-0.1, -0.05) is 6.92 Å². The monoisotopic (exact) mass is 580 g/mol. The molecule has 1 aliphatic heterocycles. The van der Waals surface area contributed by atoms with Crippen molar-refractivity contribution in [3.8, 4) is 29.1 Å². The molecule has 1 saturated heterocycles. The fourth-order valence-electron chi connectivity index (χ4n) is 5.09. The molecule has 0 saturated carbocycles. The van der Waals surface area contributed by atoms with Gasteiger partial charge in [-0.3, -0.25) is 9.88 Å². The van der Waals surface area contributed by atoms with Gasteiger partial charge in [-0.2, -0.15) is 5.26 Å². The maximum atomic E-state index is 12.4. The van der Waals surface area contributed by atoms with Crippen LogP contribution < -0.4 is 30.2 Å². The average Bonchev–Trinajstić information content (AvgIpc) is 3.04. The van der Waals surface area contributed by atoms with E-state index in [9.17, 15) is 10.1 Å². The van der Waals surface area contributed by atoms with Crippen LogP contribution in [0.5, 0.6) is 23.0 Å². The number of nitrogens with zero attached hydrogens (tertiary/aromatic N) is 3. The summed E-state index contributed by atoms with van der Waals surface area (Å²) in [4.78, 5) is 19.4. The molecule has 0 bridgehead atoms. The first kappa shape index (κ1) is 29.6. The molecule has 4 aromatic rings. The predicted octanol–water partition coefficient (Wildman–Crippen LogP) is 6.00. The first-order valence-electron chi connectivity index (χ1n) is 14.5. The standard InChI is InChI=1S/C33H36N6O4/c1-3-26-22-35-15-17-39(26)16-4-18-42-32-20-30-29(19-23(32)21-34)31(13-14-36-30)43-28-11-7-25(8-12-28)38-33(40)37-24-5-9-27(41-2)10-6-24/h5-14,19-20,26,35H,3-4,15-18,22H2,1-2H3,(H2,37,38,40). The van der Waals surface area contributed by atoms with Crippen molar-refractivity contribution in [2.45, 2.75) is 25.8 Å². The lowest BCUT2D eigenvalue weighted by atomic mass is 10.1. The van der Waals surface area contributed by atoms with E-state index in [1.165, 1.54) is 0 Å². The number of piperazine rings is 1. The van der Waals surface area contributed by atoms with Gasteiger partial charge in [-0.25, -0.2) is 4.79 Å². The molecule has 10 nitrogen and oxygen atoms in total. The van der Waals surface area contributed by atoms with Gasteiger partial charge < -0.3 is 30.2 Å². The topological polar surface area (TPSA) is 121 Å².